The Bertz CT molecular complexity index is 659. The normalized spacial score (nSPS) is 19.5. The molecule has 1 N–H and O–H groups in total. The third kappa shape index (κ3) is 4.71. The molecule has 5 nitrogen and oxygen atoms in total. The lowest BCUT2D eigenvalue weighted by Crippen LogP contribution is -2.45. The van der Waals surface area contributed by atoms with Crippen molar-refractivity contribution in [3.05, 3.63) is 35.4 Å². The van der Waals surface area contributed by atoms with Crippen molar-refractivity contribution < 1.29 is 22.0 Å². The number of hydrogen-bond acceptors (Lipinski definition) is 3. The Morgan fingerprint density at radius 3 is 2.61 bits per heavy atom. The van der Waals surface area contributed by atoms with Crippen LogP contribution in [0.15, 0.2) is 18.2 Å². The summed E-state index contributed by atoms with van der Waals surface area (Å²) >= 11 is 0. The maximum atomic E-state index is 13.5. The average molecular weight is 346 g/mol. The number of halogens is 2. The van der Waals surface area contributed by atoms with Gasteiger partial charge in [0.25, 0.3) is 0 Å². The fraction of sp³-hybridized carbons (Fsp3) is 0.533. The van der Waals surface area contributed by atoms with E-state index in [1.807, 2.05) is 0 Å². The molecule has 1 aromatic rings. The van der Waals surface area contributed by atoms with Gasteiger partial charge in [-0.15, -0.1) is 0 Å². The molecule has 1 atom stereocenters. The third-order valence-corrected chi connectivity index (χ3v) is 5.23. The van der Waals surface area contributed by atoms with E-state index in [1.54, 1.807) is 0 Å². The first-order valence-corrected chi connectivity index (χ1v) is 9.29. The number of carbonyl (C=O) groups excluding carboxylic acids is 1. The van der Waals surface area contributed by atoms with Crippen LogP contribution >= 0.6 is 0 Å². The summed E-state index contributed by atoms with van der Waals surface area (Å²) in [5.41, 5.74) is -0.0609. The molecule has 2 rings (SSSR count). The number of nitrogens with zero attached hydrogens (tertiary/aromatic N) is 1. The van der Waals surface area contributed by atoms with Crippen LogP contribution in [0.5, 0.6) is 0 Å². The molecule has 0 radical (unpaired) electrons. The number of carbonyl (C=O) groups is 1. The van der Waals surface area contributed by atoms with Crippen LogP contribution in [0.1, 0.15) is 18.4 Å². The Morgan fingerprint density at radius 2 is 2.00 bits per heavy atom. The number of piperidine rings is 1. The van der Waals surface area contributed by atoms with Crippen molar-refractivity contribution in [1.82, 2.24) is 9.62 Å². The fourth-order valence-corrected chi connectivity index (χ4v) is 3.60. The van der Waals surface area contributed by atoms with Gasteiger partial charge >= 0.3 is 0 Å². The highest BCUT2D eigenvalue weighted by atomic mass is 32.2. The SMILES string of the molecule is CS(=O)(=O)N1CCC[C@H](C(=O)NCCc2c(F)cccc2F)C1. The molecule has 1 aliphatic rings. The predicted octanol–water partition coefficient (Wildman–Crippen LogP) is 1.30. The molecule has 0 saturated carbocycles. The first kappa shape index (κ1) is 17.8. The Morgan fingerprint density at radius 1 is 1.35 bits per heavy atom. The lowest BCUT2D eigenvalue weighted by atomic mass is 9.98. The largest absolute Gasteiger partial charge is 0.355 e. The van der Waals surface area contributed by atoms with Gasteiger partial charge in [0.05, 0.1) is 12.2 Å². The van der Waals surface area contributed by atoms with Gasteiger partial charge in [-0.3, -0.25) is 4.79 Å². The van der Waals surface area contributed by atoms with E-state index in [2.05, 4.69) is 5.32 Å². The molecule has 0 aromatic heterocycles. The van der Waals surface area contributed by atoms with Crippen molar-refractivity contribution in [3.8, 4) is 0 Å². The minimum absolute atomic E-state index is 0.0484. The van der Waals surface area contributed by atoms with E-state index < -0.39 is 27.6 Å². The number of rotatable bonds is 5. The summed E-state index contributed by atoms with van der Waals surface area (Å²) in [4.78, 5) is 12.1. The lowest BCUT2D eigenvalue weighted by Gasteiger charge is -2.30. The summed E-state index contributed by atoms with van der Waals surface area (Å²) < 4.78 is 51.3. The van der Waals surface area contributed by atoms with E-state index in [4.69, 9.17) is 0 Å². The number of amides is 1. The molecule has 1 aliphatic heterocycles. The molecule has 8 heteroatoms. The third-order valence-electron chi connectivity index (χ3n) is 3.96. The van der Waals surface area contributed by atoms with Crippen LogP contribution in [0.4, 0.5) is 8.78 Å². The Labute approximate surface area is 134 Å². The van der Waals surface area contributed by atoms with Crippen LogP contribution in [0.25, 0.3) is 0 Å². The lowest BCUT2D eigenvalue weighted by molar-refractivity contribution is -0.126. The van der Waals surface area contributed by atoms with Crippen molar-refractivity contribution in [2.45, 2.75) is 19.3 Å². The topological polar surface area (TPSA) is 66.5 Å². The van der Waals surface area contributed by atoms with Gasteiger partial charge in [-0.1, -0.05) is 6.07 Å². The summed E-state index contributed by atoms with van der Waals surface area (Å²) in [5.74, 6) is -1.99. The van der Waals surface area contributed by atoms with E-state index in [-0.39, 0.29) is 31.0 Å². The van der Waals surface area contributed by atoms with Gasteiger partial charge in [0, 0.05) is 25.2 Å². The molecule has 128 valence electrons. The molecule has 23 heavy (non-hydrogen) atoms. The fourth-order valence-electron chi connectivity index (χ4n) is 2.68. The molecule has 0 aliphatic carbocycles. The van der Waals surface area contributed by atoms with E-state index in [9.17, 15) is 22.0 Å². The van der Waals surface area contributed by atoms with E-state index in [0.29, 0.717) is 19.4 Å². The van der Waals surface area contributed by atoms with E-state index in [0.717, 1.165) is 6.26 Å². The van der Waals surface area contributed by atoms with Crippen LogP contribution in [0.2, 0.25) is 0 Å². The van der Waals surface area contributed by atoms with Crippen LogP contribution in [-0.4, -0.2) is 44.5 Å². The Kier molecular flexibility index (Phi) is 5.69. The van der Waals surface area contributed by atoms with Crippen molar-refractivity contribution in [1.29, 1.82) is 0 Å². The smallest absolute Gasteiger partial charge is 0.224 e. The molecule has 1 saturated heterocycles. The highest BCUT2D eigenvalue weighted by molar-refractivity contribution is 7.88. The molecule has 1 fully saturated rings. The van der Waals surface area contributed by atoms with Gasteiger partial charge in [-0.25, -0.2) is 21.5 Å². The predicted molar refractivity (Wildman–Crippen MR) is 82.2 cm³/mol. The minimum atomic E-state index is -3.31. The van der Waals surface area contributed by atoms with Gasteiger partial charge in [0.1, 0.15) is 11.6 Å². The minimum Gasteiger partial charge on any atom is -0.355 e. The van der Waals surface area contributed by atoms with Crippen LogP contribution in [0, 0.1) is 17.6 Å². The van der Waals surface area contributed by atoms with Crippen molar-refractivity contribution in [3.63, 3.8) is 0 Å². The molecule has 0 bridgehead atoms. The second-order valence-corrected chi connectivity index (χ2v) is 7.68. The van der Waals surface area contributed by atoms with Gasteiger partial charge < -0.3 is 5.32 Å². The first-order chi connectivity index (χ1) is 10.8. The van der Waals surface area contributed by atoms with Gasteiger partial charge in [-0.2, -0.15) is 0 Å². The van der Waals surface area contributed by atoms with Crippen molar-refractivity contribution >= 4 is 15.9 Å². The zero-order valence-electron chi connectivity index (χ0n) is 12.9. The van der Waals surface area contributed by atoms with Crippen LogP contribution in [0.3, 0.4) is 0 Å². The van der Waals surface area contributed by atoms with Gasteiger partial charge in [0.2, 0.25) is 15.9 Å². The highest BCUT2D eigenvalue weighted by Crippen LogP contribution is 2.19. The summed E-state index contributed by atoms with van der Waals surface area (Å²) in [6, 6.07) is 3.63. The number of sulfonamides is 1. The number of nitrogens with one attached hydrogen (secondary N) is 1. The molecule has 1 aromatic carbocycles. The molecule has 1 amide bonds. The summed E-state index contributed by atoms with van der Waals surface area (Å²) in [6.45, 7) is 0.674. The van der Waals surface area contributed by atoms with E-state index in [1.165, 1.54) is 22.5 Å². The van der Waals surface area contributed by atoms with Crippen molar-refractivity contribution in [2.75, 3.05) is 25.9 Å². The highest BCUT2D eigenvalue weighted by Gasteiger charge is 2.29. The maximum Gasteiger partial charge on any atom is 0.224 e. The van der Waals surface area contributed by atoms with Gasteiger partial charge in [0.15, 0.2) is 0 Å². The number of hydrogen-bond donors (Lipinski definition) is 1. The van der Waals surface area contributed by atoms with E-state index >= 15 is 0 Å². The van der Waals surface area contributed by atoms with Crippen LogP contribution < -0.4 is 5.32 Å². The van der Waals surface area contributed by atoms with Crippen LogP contribution in [-0.2, 0) is 21.2 Å². The summed E-state index contributed by atoms with van der Waals surface area (Å²) in [7, 11) is -3.31. The molecule has 0 spiro atoms. The zero-order chi connectivity index (χ0) is 17.0. The standard InChI is InChI=1S/C15H20F2N2O3S/c1-23(21,22)19-9-3-4-11(10-19)15(20)18-8-7-12-13(16)5-2-6-14(12)17/h2,5-6,11H,3-4,7-10H2,1H3,(H,18,20)/t11-/m0/s1. The molecular weight excluding hydrogens is 326 g/mol. The second-order valence-electron chi connectivity index (χ2n) is 5.70. The second kappa shape index (κ2) is 7.35. The molecule has 0 unspecified atom stereocenters. The molecule has 1 heterocycles. The Hall–Kier alpha value is -1.54. The Balaban J connectivity index is 1.88. The summed E-state index contributed by atoms with van der Waals surface area (Å²) in [5, 5.41) is 2.63. The molecular formula is C15H20F2N2O3S. The first-order valence-electron chi connectivity index (χ1n) is 7.44. The summed E-state index contributed by atoms with van der Waals surface area (Å²) in [6.07, 6.45) is 2.39. The van der Waals surface area contributed by atoms with Gasteiger partial charge in [-0.05, 0) is 31.4 Å². The zero-order valence-corrected chi connectivity index (χ0v) is 13.7. The van der Waals surface area contributed by atoms with Crippen molar-refractivity contribution in [2.24, 2.45) is 5.92 Å². The number of benzene rings is 1. The average Bonchev–Trinajstić information content (AvgIpc) is 2.49. The quantitative estimate of drug-likeness (QED) is 0.874. The monoisotopic (exact) mass is 346 g/mol. The maximum absolute atomic E-state index is 13.5.